The predicted octanol–water partition coefficient (Wildman–Crippen LogP) is 19.0. The summed E-state index contributed by atoms with van der Waals surface area (Å²) in [4.78, 5) is 11.0. The van der Waals surface area contributed by atoms with Crippen LogP contribution in [0.5, 0.6) is 0 Å². The first-order valence-corrected chi connectivity index (χ1v) is 27.3. The van der Waals surface area contributed by atoms with E-state index in [1.807, 2.05) is 0 Å². The van der Waals surface area contributed by atoms with E-state index in [0.717, 1.165) is 83.2 Å². The van der Waals surface area contributed by atoms with Gasteiger partial charge in [0.2, 0.25) is 5.95 Å². The molecule has 0 N–H and O–H groups in total. The molecule has 6 heteroatoms. The summed E-state index contributed by atoms with van der Waals surface area (Å²) >= 11 is 0. The SMILES string of the molecule is c1ccc(-n2c3ccccc3c3cc(-c4ccc5c(c4)c4ccccc4n5-c4nc(-c5cccc(-n6c7ccccc7c7ccc(-c8ccc9c(c8)c8ccccc8n9-c8ccccc8)cc76)c5)c5ccccc5n4)ccc32)cc1. The first-order valence-electron chi connectivity index (χ1n) is 27.3. The number of hydrogen-bond acceptors (Lipinski definition) is 2. The molecule has 0 radical (unpaired) electrons. The molecule has 80 heavy (non-hydrogen) atoms. The molecule has 0 aliphatic heterocycles. The lowest BCUT2D eigenvalue weighted by Crippen LogP contribution is -2.03. The third kappa shape index (κ3) is 6.66. The zero-order valence-electron chi connectivity index (χ0n) is 43.2. The normalized spacial score (nSPS) is 12.0. The molecule has 0 fully saturated rings. The van der Waals surface area contributed by atoms with E-state index in [1.165, 1.54) is 65.5 Å². The predicted molar refractivity (Wildman–Crippen MR) is 333 cm³/mol. The number of nitrogens with zero attached hydrogens (tertiary/aromatic N) is 6. The average molecular weight is 1020 g/mol. The van der Waals surface area contributed by atoms with E-state index in [2.05, 4.69) is 297 Å². The maximum absolute atomic E-state index is 5.59. The third-order valence-corrected chi connectivity index (χ3v) is 16.6. The minimum absolute atomic E-state index is 0.628. The van der Waals surface area contributed by atoms with E-state index >= 15 is 0 Å². The minimum atomic E-state index is 0.628. The number of aromatic nitrogens is 6. The van der Waals surface area contributed by atoms with Crippen LogP contribution in [0.3, 0.4) is 0 Å². The van der Waals surface area contributed by atoms with Crippen LogP contribution < -0.4 is 0 Å². The Morgan fingerprint density at radius 3 is 1.11 bits per heavy atom. The van der Waals surface area contributed by atoms with Crippen molar-refractivity contribution in [3.63, 3.8) is 0 Å². The van der Waals surface area contributed by atoms with Gasteiger partial charge in [0, 0.05) is 71.1 Å². The monoisotopic (exact) mass is 1020 g/mol. The number of hydrogen-bond donors (Lipinski definition) is 0. The van der Waals surface area contributed by atoms with Crippen molar-refractivity contribution in [3.05, 3.63) is 279 Å². The van der Waals surface area contributed by atoms with Gasteiger partial charge in [0.05, 0.1) is 55.3 Å². The molecule has 0 spiro atoms. The summed E-state index contributed by atoms with van der Waals surface area (Å²) in [5.41, 5.74) is 20.0. The van der Waals surface area contributed by atoms with Gasteiger partial charge in [-0.15, -0.1) is 0 Å². The molecule has 12 aromatic carbocycles. The Kier molecular flexibility index (Phi) is 9.61. The van der Waals surface area contributed by atoms with E-state index < -0.39 is 0 Å². The van der Waals surface area contributed by atoms with Crippen molar-refractivity contribution in [2.75, 3.05) is 0 Å². The summed E-state index contributed by atoms with van der Waals surface area (Å²) in [6.07, 6.45) is 0. The quantitative estimate of drug-likeness (QED) is 0.160. The summed E-state index contributed by atoms with van der Waals surface area (Å²) in [5.74, 6) is 0.628. The molecule has 0 saturated heterocycles. The van der Waals surface area contributed by atoms with E-state index in [9.17, 15) is 0 Å². The molecule has 0 aliphatic carbocycles. The zero-order valence-corrected chi connectivity index (χ0v) is 43.2. The Hall–Kier alpha value is -10.8. The molecule has 372 valence electrons. The van der Waals surface area contributed by atoms with Crippen molar-refractivity contribution in [1.29, 1.82) is 0 Å². The highest BCUT2D eigenvalue weighted by Crippen LogP contribution is 2.42. The van der Waals surface area contributed by atoms with Crippen molar-refractivity contribution in [2.45, 2.75) is 0 Å². The minimum Gasteiger partial charge on any atom is -0.309 e. The van der Waals surface area contributed by atoms with Crippen LogP contribution in [-0.2, 0) is 0 Å². The van der Waals surface area contributed by atoms with Crippen LogP contribution in [0, 0.1) is 0 Å². The average Bonchev–Trinajstić information content (AvgIpc) is 4.31. The highest BCUT2D eigenvalue weighted by Gasteiger charge is 2.21. The molecule has 17 rings (SSSR count). The van der Waals surface area contributed by atoms with Crippen LogP contribution >= 0.6 is 0 Å². The first kappa shape index (κ1) is 44.3. The Balaban J connectivity index is 0.797. The molecule has 17 aromatic rings. The van der Waals surface area contributed by atoms with E-state index in [-0.39, 0.29) is 0 Å². The molecule has 0 atom stereocenters. The molecule has 0 amide bonds. The Morgan fingerprint density at radius 1 is 0.200 bits per heavy atom. The third-order valence-electron chi connectivity index (χ3n) is 16.6. The highest BCUT2D eigenvalue weighted by molar-refractivity contribution is 6.15. The van der Waals surface area contributed by atoms with Crippen LogP contribution in [0.15, 0.2) is 279 Å². The van der Waals surface area contributed by atoms with Gasteiger partial charge in [-0.2, -0.15) is 0 Å². The van der Waals surface area contributed by atoms with Gasteiger partial charge in [0.15, 0.2) is 0 Å². The van der Waals surface area contributed by atoms with Crippen LogP contribution in [0.4, 0.5) is 0 Å². The molecule has 0 saturated carbocycles. The summed E-state index contributed by atoms with van der Waals surface area (Å²) in [7, 11) is 0. The zero-order chi connectivity index (χ0) is 52.4. The highest BCUT2D eigenvalue weighted by atomic mass is 15.2. The fourth-order valence-electron chi connectivity index (χ4n) is 13.0. The second kappa shape index (κ2) is 17.3. The summed E-state index contributed by atoms with van der Waals surface area (Å²) in [6, 6.07) is 101. The van der Waals surface area contributed by atoms with Crippen molar-refractivity contribution in [1.82, 2.24) is 28.2 Å². The summed E-state index contributed by atoms with van der Waals surface area (Å²) in [6.45, 7) is 0. The maximum Gasteiger partial charge on any atom is 0.235 e. The number of fused-ring (bicyclic) bond motifs is 13. The molecule has 0 unspecified atom stereocenters. The van der Waals surface area contributed by atoms with Gasteiger partial charge in [-0.1, -0.05) is 170 Å². The fourth-order valence-corrected chi connectivity index (χ4v) is 13.0. The summed E-state index contributed by atoms with van der Waals surface area (Å²) < 4.78 is 9.41. The van der Waals surface area contributed by atoms with Gasteiger partial charge < -0.3 is 13.7 Å². The molecular formula is C74H46N6. The molecule has 0 bridgehead atoms. The largest absolute Gasteiger partial charge is 0.309 e. The lowest BCUT2D eigenvalue weighted by Gasteiger charge is -2.14. The van der Waals surface area contributed by atoms with Crippen molar-refractivity contribution >= 4 is 98.1 Å². The smallest absolute Gasteiger partial charge is 0.235 e. The van der Waals surface area contributed by atoms with Gasteiger partial charge >= 0.3 is 0 Å². The van der Waals surface area contributed by atoms with Gasteiger partial charge in [-0.25, -0.2) is 9.97 Å². The van der Waals surface area contributed by atoms with Gasteiger partial charge in [-0.05, 0) is 131 Å². The van der Waals surface area contributed by atoms with Crippen molar-refractivity contribution < 1.29 is 0 Å². The fraction of sp³-hybridized carbons (Fsp3) is 0. The Labute approximate surface area is 459 Å². The Bertz CT molecular complexity index is 5370. The lowest BCUT2D eigenvalue weighted by atomic mass is 10.0. The second-order valence-electron chi connectivity index (χ2n) is 20.9. The number of benzene rings is 12. The number of para-hydroxylation sites is 7. The first-order chi connectivity index (χ1) is 39.7. The van der Waals surface area contributed by atoms with E-state index in [0.29, 0.717) is 5.95 Å². The van der Waals surface area contributed by atoms with Crippen molar-refractivity contribution in [3.8, 4) is 56.5 Å². The summed E-state index contributed by atoms with van der Waals surface area (Å²) in [5, 5.41) is 10.6. The van der Waals surface area contributed by atoms with Crippen LogP contribution in [0.1, 0.15) is 0 Å². The van der Waals surface area contributed by atoms with Gasteiger partial charge in [0.1, 0.15) is 0 Å². The molecule has 5 aromatic heterocycles. The van der Waals surface area contributed by atoms with E-state index in [1.54, 1.807) is 0 Å². The van der Waals surface area contributed by atoms with Crippen LogP contribution in [0.25, 0.3) is 155 Å². The standard InChI is InChI=1S/C74H46N6/c1-3-19-52(20-4-1)77-66-31-14-9-25-56(66)61-43-47(35-39-69(61)77)48-37-41-71-63(44-48)58-27-11-16-33-68(58)80(71)74-75-64-29-12-7-28-60(64)73(76-74)51-18-17-23-54(42-51)79-65-30-13-8-24-55(65)59-38-34-50(46-72(59)79)49-36-40-70-62(45-49)57-26-10-15-32-67(57)78(70)53-21-5-2-6-22-53/h1-46H. The van der Waals surface area contributed by atoms with Crippen molar-refractivity contribution in [2.24, 2.45) is 0 Å². The van der Waals surface area contributed by atoms with Crippen LogP contribution in [-0.4, -0.2) is 28.2 Å². The second-order valence-corrected chi connectivity index (χ2v) is 20.9. The topological polar surface area (TPSA) is 45.5 Å². The molecule has 0 aliphatic rings. The lowest BCUT2D eigenvalue weighted by molar-refractivity contribution is 1.01. The van der Waals surface area contributed by atoms with Gasteiger partial charge in [0.25, 0.3) is 0 Å². The van der Waals surface area contributed by atoms with E-state index in [4.69, 9.17) is 9.97 Å². The molecule has 5 heterocycles. The maximum atomic E-state index is 5.59. The molecule has 6 nitrogen and oxygen atoms in total. The van der Waals surface area contributed by atoms with Crippen LogP contribution in [0.2, 0.25) is 0 Å². The molecular weight excluding hydrogens is 973 g/mol. The van der Waals surface area contributed by atoms with Gasteiger partial charge in [-0.3, -0.25) is 4.57 Å². The number of rotatable bonds is 7. The Morgan fingerprint density at radius 2 is 0.575 bits per heavy atom.